The fourth-order valence-electron chi connectivity index (χ4n) is 8.01. The molecule has 0 spiro atoms. The number of amides is 9. The summed E-state index contributed by atoms with van der Waals surface area (Å²) in [6.45, 7) is -11.7. The molecule has 33 nitrogen and oxygen atoms in total. The Morgan fingerprint density at radius 3 is 0.833 bits per heavy atom. The third-order valence-corrected chi connectivity index (χ3v) is 22.6. The van der Waals surface area contributed by atoms with Gasteiger partial charge in [0.1, 0.15) is 17.2 Å². The first-order chi connectivity index (χ1) is 45.5. The summed E-state index contributed by atoms with van der Waals surface area (Å²) in [4.78, 5) is 132. The number of nitrogens with zero attached hydrogens (tertiary/aromatic N) is 3. The van der Waals surface area contributed by atoms with Crippen molar-refractivity contribution in [2.45, 2.75) is 36.4 Å². The molecule has 3 aromatic rings. The van der Waals surface area contributed by atoms with E-state index in [1.165, 1.54) is 4.90 Å². The molecule has 4 rings (SSSR count). The van der Waals surface area contributed by atoms with E-state index in [4.69, 9.17) is 14.2 Å². The molecule has 3 atom stereocenters. The number of hydrogen-bond donors (Lipinski definition) is 18. The Balaban J connectivity index is 2.11. The van der Waals surface area contributed by atoms with Crippen LogP contribution in [0.3, 0.4) is 0 Å². The third-order valence-electron chi connectivity index (χ3n) is 13.2. The number of carbonyl (C=O) groups is 9. The second kappa shape index (κ2) is 42.6. The molecular formula is C54H64I9N9O24. The van der Waals surface area contributed by atoms with Crippen LogP contribution in [0, 0.1) is 32.1 Å². The van der Waals surface area contributed by atoms with Gasteiger partial charge in [0, 0.05) is 68.9 Å². The van der Waals surface area contributed by atoms with Gasteiger partial charge in [0.2, 0.25) is 0 Å². The molecule has 3 unspecified atom stereocenters. The highest BCUT2D eigenvalue weighted by Crippen LogP contribution is 2.42. The van der Waals surface area contributed by atoms with Crippen LogP contribution in [0.5, 0.6) is 17.2 Å². The lowest BCUT2D eigenvalue weighted by atomic mass is 10.1. The molecule has 42 heteroatoms. The zero-order valence-corrected chi connectivity index (χ0v) is 69.0. The maximum absolute atomic E-state index is 15.8. The van der Waals surface area contributed by atoms with Crippen molar-refractivity contribution in [1.82, 2.24) is 46.6 Å². The summed E-state index contributed by atoms with van der Waals surface area (Å²) in [7, 11) is 0. The van der Waals surface area contributed by atoms with Crippen molar-refractivity contribution in [2.75, 3.05) is 125 Å². The zero-order chi connectivity index (χ0) is 72.0. The van der Waals surface area contributed by atoms with Crippen molar-refractivity contribution in [1.29, 1.82) is 0 Å². The Labute approximate surface area is 669 Å². The van der Waals surface area contributed by atoms with Gasteiger partial charge >= 0.3 is 0 Å². The van der Waals surface area contributed by atoms with Crippen molar-refractivity contribution < 1.29 is 119 Å². The van der Waals surface area contributed by atoms with Crippen molar-refractivity contribution in [3.8, 4) is 17.2 Å². The number of rotatable bonds is 33. The molecule has 0 aromatic heterocycles. The van der Waals surface area contributed by atoms with Crippen LogP contribution < -0.4 is 46.1 Å². The van der Waals surface area contributed by atoms with Crippen molar-refractivity contribution >= 4 is 256 Å². The topological polar surface area (TPSA) is 506 Å². The average molecular weight is 2370 g/mol. The largest absolute Gasteiger partial charge is 0.481 e. The third kappa shape index (κ3) is 23.3. The number of halogens is 9. The Morgan fingerprint density at radius 2 is 0.594 bits per heavy atom. The molecule has 0 radical (unpaired) electrons. The molecule has 0 saturated heterocycles. The summed E-state index contributed by atoms with van der Waals surface area (Å²) in [5, 5.41) is 132. The van der Waals surface area contributed by atoms with Gasteiger partial charge in [0.25, 0.3) is 53.2 Å². The fraction of sp³-hybridized carbons (Fsp3) is 0.463. The van der Waals surface area contributed by atoms with E-state index in [2.05, 4.69) is 31.9 Å². The van der Waals surface area contributed by atoms with Crippen molar-refractivity contribution in [3.63, 3.8) is 0 Å². The van der Waals surface area contributed by atoms with E-state index in [1.807, 2.05) is 0 Å². The summed E-state index contributed by atoms with van der Waals surface area (Å²) in [6, 6.07) is -3.64. The number of aliphatic hydroxyl groups is 12. The number of aliphatic hydroxyl groups excluding tert-OH is 12. The number of nitrogens with one attached hydrogen (secondary N) is 6. The first-order valence-electron chi connectivity index (χ1n) is 27.8. The normalized spacial score (nSPS) is 13.5. The summed E-state index contributed by atoms with van der Waals surface area (Å²) in [5.74, 6) is -8.59. The van der Waals surface area contributed by atoms with Crippen LogP contribution in [0.4, 0.5) is 0 Å². The van der Waals surface area contributed by atoms with Crippen LogP contribution in [0.1, 0.15) is 62.1 Å². The highest BCUT2D eigenvalue weighted by atomic mass is 127. The monoisotopic (exact) mass is 2360 g/mol. The minimum Gasteiger partial charge on any atom is -0.481 e. The smallest absolute Gasteiger partial charge is 0.260 e. The summed E-state index contributed by atoms with van der Waals surface area (Å²) < 4.78 is 18.0. The van der Waals surface area contributed by atoms with Gasteiger partial charge in [0.15, 0.2) is 19.8 Å². The van der Waals surface area contributed by atoms with Crippen molar-refractivity contribution in [2.24, 2.45) is 0 Å². The van der Waals surface area contributed by atoms with Gasteiger partial charge in [-0.05, 0) is 203 Å². The number of ether oxygens (including phenoxy) is 3. The predicted molar refractivity (Wildman–Crippen MR) is 412 cm³/mol. The second-order valence-corrected chi connectivity index (χ2v) is 29.8. The zero-order valence-electron chi connectivity index (χ0n) is 49.6. The van der Waals surface area contributed by atoms with E-state index >= 15 is 14.4 Å². The van der Waals surface area contributed by atoms with E-state index in [0.717, 1.165) is 22.2 Å². The van der Waals surface area contributed by atoms with E-state index in [-0.39, 0.29) is 102 Å². The molecule has 0 aliphatic carbocycles. The molecule has 0 fully saturated rings. The molecule has 3 aromatic carbocycles. The van der Waals surface area contributed by atoms with Crippen molar-refractivity contribution in [3.05, 3.63) is 77.9 Å². The molecule has 9 amide bonds. The molecule has 96 heavy (non-hydrogen) atoms. The fourth-order valence-corrected chi connectivity index (χ4v) is 21.3. The highest BCUT2D eigenvalue weighted by Gasteiger charge is 2.38. The first-order valence-corrected chi connectivity index (χ1v) is 37.5. The van der Waals surface area contributed by atoms with Gasteiger partial charge < -0.3 is 122 Å². The predicted octanol–water partition coefficient (Wildman–Crippen LogP) is -2.87. The van der Waals surface area contributed by atoms with Crippen LogP contribution in [0.25, 0.3) is 0 Å². The number of hydrogen-bond acceptors (Lipinski definition) is 24. The summed E-state index contributed by atoms with van der Waals surface area (Å²) >= 11 is 15.7. The molecule has 0 saturated carbocycles. The lowest BCUT2D eigenvalue weighted by Crippen LogP contribution is -2.43. The summed E-state index contributed by atoms with van der Waals surface area (Å²) in [6.07, 6.45) is -1.68. The van der Waals surface area contributed by atoms with Gasteiger partial charge in [0.05, 0.1) is 151 Å². The SMILES string of the molecule is O=C(COc1c(I)c(C(=O)NC(CO)CO)c(I)c(C(=O)N2C=CN(C(=O)c3c(I)c(OCC(=O)NCC(O)CO)c(I)c(C(=O)NC(CO)CO)c3I)CCN(C(=O)c3c(I)c(OCC(=O)NCC(O)CO)c(I)c(C(=O)NC(CO)CO)c3I)CC2)c1I)NCC(O)CO. The molecule has 1 aliphatic heterocycles. The highest BCUT2D eigenvalue weighted by molar-refractivity contribution is 14.1. The molecule has 18 N–H and O–H groups in total. The number of carbonyl (C=O) groups excluding carboxylic acids is 9. The molecular weight excluding hydrogens is 2300 g/mol. The van der Waals surface area contributed by atoms with Crippen LogP contribution in [0.15, 0.2) is 12.4 Å². The van der Waals surface area contributed by atoms with Crippen LogP contribution in [0.2, 0.25) is 0 Å². The van der Waals surface area contributed by atoms with E-state index in [1.54, 1.807) is 203 Å². The molecule has 0 bridgehead atoms. The van der Waals surface area contributed by atoms with Gasteiger partial charge in [-0.2, -0.15) is 0 Å². The van der Waals surface area contributed by atoms with Gasteiger partial charge in [-0.3, -0.25) is 43.2 Å². The Hall–Kier alpha value is -1.88. The van der Waals surface area contributed by atoms with Gasteiger partial charge in [-0.25, -0.2) is 0 Å². The van der Waals surface area contributed by atoms with Gasteiger partial charge in [-0.15, -0.1) is 0 Å². The van der Waals surface area contributed by atoms with E-state index in [0.29, 0.717) is 0 Å². The lowest BCUT2D eigenvalue weighted by molar-refractivity contribution is -0.124. The number of benzene rings is 3. The summed E-state index contributed by atoms with van der Waals surface area (Å²) in [5.41, 5.74) is -1.49. The minimum absolute atomic E-state index is 0.00501. The quantitative estimate of drug-likeness (QED) is 0.0273. The average Bonchev–Trinajstić information content (AvgIpc) is 0.866. The second-order valence-electron chi connectivity index (χ2n) is 20.0. The molecule has 532 valence electrons. The van der Waals surface area contributed by atoms with Crippen LogP contribution in [-0.2, 0) is 14.4 Å². The maximum Gasteiger partial charge on any atom is 0.260 e. The first kappa shape index (κ1) is 86.5. The molecule has 1 aliphatic rings. The lowest BCUT2D eigenvalue weighted by Gasteiger charge is -2.29. The minimum atomic E-state index is -1.34. The van der Waals surface area contributed by atoms with E-state index < -0.39 is 195 Å². The Bertz CT molecular complexity index is 3220. The standard InChI is InChI=1S/C54H64I9N9O24/c55-37-31(49(88)67-22(10-73)11-74)40(58)46(94-19-28(85)64-7-25(82)16-79)43(61)34(37)52(91)70-1-2-71(53(92)35-38(56)32(50(89)68-23(12-75)13-76)41(59)47(44(35)62)95-20-29(86)65-8-26(83)17-80)5-6-72(4-3-70)54(93)36-39(57)33(51(90)69-24(14-77)15-78)42(60)48(45(36)63)96-21-30(87)66-9-27(84)18-81/h1-2,22-27,73-84H,3-21H2,(H,64,85)(H,65,86)(H,66,87)(H,67,88)(H,68,89)(H,69,90). The van der Waals surface area contributed by atoms with E-state index in [9.17, 15) is 90.0 Å². The molecule has 1 heterocycles. The van der Waals surface area contributed by atoms with Crippen LogP contribution in [-0.4, -0.2) is 291 Å². The Morgan fingerprint density at radius 1 is 0.354 bits per heavy atom. The van der Waals surface area contributed by atoms with Crippen LogP contribution >= 0.6 is 203 Å². The Kier molecular flexibility index (Phi) is 38.4. The maximum atomic E-state index is 15.8. The van der Waals surface area contributed by atoms with Gasteiger partial charge in [-0.1, -0.05) is 0 Å².